The number of fused-ring (bicyclic) bond motifs is 1. The number of thiophene rings is 1. The zero-order valence-corrected chi connectivity index (χ0v) is 21.9. The fourth-order valence-electron chi connectivity index (χ4n) is 4.70. The Balaban J connectivity index is 0.000000214. The van der Waals surface area contributed by atoms with Crippen LogP contribution in [-0.4, -0.2) is 40.2 Å². The summed E-state index contributed by atoms with van der Waals surface area (Å²) >= 11 is 1.64. The molecule has 0 radical (unpaired) electrons. The van der Waals surface area contributed by atoms with E-state index in [4.69, 9.17) is 5.11 Å². The van der Waals surface area contributed by atoms with Gasteiger partial charge in [0.2, 0.25) is 5.91 Å². The zero-order chi connectivity index (χ0) is 26.1. The first-order valence-corrected chi connectivity index (χ1v) is 13.2. The van der Waals surface area contributed by atoms with Crippen LogP contribution in [0.25, 0.3) is 0 Å². The van der Waals surface area contributed by atoms with E-state index in [9.17, 15) is 14.7 Å². The molecule has 3 atom stereocenters. The zero-order valence-electron chi connectivity index (χ0n) is 21.1. The normalized spacial score (nSPS) is 19.9. The summed E-state index contributed by atoms with van der Waals surface area (Å²) in [5.74, 6) is -1.35. The summed E-state index contributed by atoms with van der Waals surface area (Å²) in [4.78, 5) is 22.6. The standard InChI is InChI=1S/C18H23NOS.C11H13NO3/c1-13(2)19-15-10-9-14-6-3-4-7-16(14)18(20,12-15)17-8-5-11-21-17;1-8(13)12-10(11(14)15)7-9-5-3-2-4-6-9/h3-8,11,13,15,19-20H,9-10,12H2,1-2H3;2-6,10H,7H2,1H3,(H,12,13)(H,14,15)/t15-,18-;10-/m10/s1. The fourth-order valence-corrected chi connectivity index (χ4v) is 5.55. The molecule has 0 bridgehead atoms. The highest BCUT2D eigenvalue weighted by Gasteiger charge is 2.39. The van der Waals surface area contributed by atoms with Gasteiger partial charge in [0.15, 0.2) is 0 Å². The average molecular weight is 509 g/mol. The van der Waals surface area contributed by atoms with E-state index >= 15 is 0 Å². The lowest BCUT2D eigenvalue weighted by Crippen LogP contribution is -2.41. The van der Waals surface area contributed by atoms with Crippen molar-refractivity contribution in [3.05, 3.63) is 93.7 Å². The molecule has 0 saturated heterocycles. The van der Waals surface area contributed by atoms with Gasteiger partial charge in [-0.1, -0.05) is 74.5 Å². The lowest BCUT2D eigenvalue weighted by molar-refractivity contribution is -0.141. The van der Waals surface area contributed by atoms with Crippen LogP contribution < -0.4 is 10.6 Å². The predicted molar refractivity (Wildman–Crippen MR) is 144 cm³/mol. The van der Waals surface area contributed by atoms with Gasteiger partial charge in [-0.05, 0) is 41.0 Å². The first-order chi connectivity index (χ1) is 17.2. The molecule has 0 fully saturated rings. The number of carboxylic acid groups (broad SMARTS) is 1. The third kappa shape index (κ3) is 7.50. The summed E-state index contributed by atoms with van der Waals surface area (Å²) in [6.07, 6.45) is 3.13. The quantitative estimate of drug-likeness (QED) is 0.352. The van der Waals surface area contributed by atoms with E-state index in [1.807, 2.05) is 47.8 Å². The van der Waals surface area contributed by atoms with Crippen molar-refractivity contribution in [1.82, 2.24) is 10.6 Å². The van der Waals surface area contributed by atoms with Crippen LogP contribution in [0.5, 0.6) is 0 Å². The minimum Gasteiger partial charge on any atom is -0.480 e. The summed E-state index contributed by atoms with van der Waals surface area (Å²) in [6.45, 7) is 5.64. The number of benzene rings is 2. The van der Waals surface area contributed by atoms with Crippen LogP contribution >= 0.6 is 11.3 Å². The third-order valence-electron chi connectivity index (χ3n) is 6.22. The highest BCUT2D eigenvalue weighted by Crippen LogP contribution is 2.41. The van der Waals surface area contributed by atoms with Crippen molar-refractivity contribution in [3.63, 3.8) is 0 Å². The minimum atomic E-state index is -1.02. The van der Waals surface area contributed by atoms with E-state index in [1.54, 1.807) is 11.3 Å². The summed E-state index contributed by atoms with van der Waals surface area (Å²) in [5.41, 5.74) is 2.38. The van der Waals surface area contributed by atoms with Crippen LogP contribution in [0.4, 0.5) is 0 Å². The number of hydrogen-bond donors (Lipinski definition) is 4. The van der Waals surface area contributed by atoms with E-state index in [2.05, 4.69) is 48.7 Å². The molecule has 36 heavy (non-hydrogen) atoms. The molecule has 0 spiro atoms. The molecule has 1 aliphatic carbocycles. The summed E-state index contributed by atoms with van der Waals surface area (Å²) in [5, 5.41) is 28.4. The Bertz CT molecular complexity index is 1120. The van der Waals surface area contributed by atoms with Gasteiger partial charge in [-0.25, -0.2) is 4.79 Å². The molecule has 0 saturated carbocycles. The highest BCUT2D eigenvalue weighted by atomic mass is 32.1. The maximum absolute atomic E-state index is 11.5. The average Bonchev–Trinajstić information content (AvgIpc) is 3.34. The molecular weight excluding hydrogens is 472 g/mol. The van der Waals surface area contributed by atoms with Crippen molar-refractivity contribution >= 4 is 23.2 Å². The summed E-state index contributed by atoms with van der Waals surface area (Å²) in [6, 6.07) is 21.5. The number of nitrogens with one attached hydrogen (secondary N) is 2. The van der Waals surface area contributed by atoms with Gasteiger partial charge in [0.25, 0.3) is 0 Å². The second-order valence-corrected chi connectivity index (χ2v) is 10.5. The monoisotopic (exact) mass is 508 g/mol. The van der Waals surface area contributed by atoms with Crippen molar-refractivity contribution in [3.8, 4) is 0 Å². The highest BCUT2D eigenvalue weighted by molar-refractivity contribution is 7.10. The second kappa shape index (κ2) is 12.8. The van der Waals surface area contributed by atoms with Crippen LogP contribution in [0.1, 0.15) is 55.2 Å². The van der Waals surface area contributed by atoms with Crippen molar-refractivity contribution < 1.29 is 19.8 Å². The van der Waals surface area contributed by atoms with Gasteiger partial charge in [-0.15, -0.1) is 11.3 Å². The molecule has 1 heterocycles. The Kier molecular flexibility index (Phi) is 9.81. The number of carbonyl (C=O) groups is 2. The number of carbonyl (C=O) groups excluding carboxylic acids is 1. The molecule has 3 aromatic rings. The van der Waals surface area contributed by atoms with Crippen molar-refractivity contribution in [2.75, 3.05) is 0 Å². The Morgan fingerprint density at radius 1 is 1.06 bits per heavy atom. The van der Waals surface area contributed by atoms with Crippen molar-refractivity contribution in [1.29, 1.82) is 0 Å². The molecule has 1 aliphatic rings. The van der Waals surface area contributed by atoms with Crippen LogP contribution in [0.15, 0.2) is 72.1 Å². The molecule has 0 unspecified atom stereocenters. The van der Waals surface area contributed by atoms with E-state index in [-0.39, 0.29) is 5.91 Å². The maximum atomic E-state index is 11.5. The fraction of sp³-hybridized carbons (Fsp3) is 0.379. The van der Waals surface area contributed by atoms with Crippen molar-refractivity contribution in [2.24, 2.45) is 0 Å². The number of carboxylic acids is 1. The van der Waals surface area contributed by atoms with Gasteiger partial charge in [0.05, 0.1) is 0 Å². The molecule has 4 N–H and O–H groups in total. The van der Waals surface area contributed by atoms with Crippen LogP contribution in [0.2, 0.25) is 0 Å². The number of aliphatic carboxylic acids is 1. The second-order valence-electron chi connectivity index (χ2n) is 9.54. The molecular formula is C29H36N2O4S. The van der Waals surface area contributed by atoms with E-state index in [0.29, 0.717) is 18.5 Å². The molecule has 7 heteroatoms. The predicted octanol–water partition coefficient (Wildman–Crippen LogP) is 4.51. The van der Waals surface area contributed by atoms with Gasteiger partial charge in [-0.2, -0.15) is 0 Å². The Hall–Kier alpha value is -3.00. The summed E-state index contributed by atoms with van der Waals surface area (Å²) < 4.78 is 0. The molecule has 6 nitrogen and oxygen atoms in total. The first kappa shape index (κ1) is 27.6. The molecule has 1 aromatic heterocycles. The van der Waals surface area contributed by atoms with Crippen molar-refractivity contribution in [2.45, 2.75) is 70.2 Å². The third-order valence-corrected chi connectivity index (χ3v) is 7.24. The van der Waals surface area contributed by atoms with Gasteiger partial charge in [-0.3, -0.25) is 4.79 Å². The van der Waals surface area contributed by atoms with Gasteiger partial charge < -0.3 is 20.8 Å². The molecule has 192 valence electrons. The van der Waals surface area contributed by atoms with Crippen LogP contribution in [0.3, 0.4) is 0 Å². The van der Waals surface area contributed by atoms with Crippen LogP contribution in [0, 0.1) is 0 Å². The number of hydrogen-bond acceptors (Lipinski definition) is 5. The topological polar surface area (TPSA) is 98.7 Å². The maximum Gasteiger partial charge on any atom is 0.326 e. The SMILES string of the molecule is CC(=O)N[C@@H](Cc1ccccc1)C(=O)O.CC(C)N[C@@H]1CCc2ccccc2[C@@](O)(c2cccs2)C1. The van der Waals surface area contributed by atoms with Crippen LogP contribution in [-0.2, 0) is 28.0 Å². The first-order valence-electron chi connectivity index (χ1n) is 12.3. The minimum absolute atomic E-state index is 0.301. The smallest absolute Gasteiger partial charge is 0.326 e. The number of rotatable bonds is 7. The van der Waals surface area contributed by atoms with E-state index in [0.717, 1.165) is 35.3 Å². The Morgan fingerprint density at radius 3 is 2.36 bits per heavy atom. The lowest BCUT2D eigenvalue weighted by atomic mass is 9.85. The van der Waals surface area contributed by atoms with E-state index in [1.165, 1.54) is 12.5 Å². The Labute approximate surface area is 217 Å². The molecule has 4 rings (SSSR count). The Morgan fingerprint density at radius 2 is 1.75 bits per heavy atom. The summed E-state index contributed by atoms with van der Waals surface area (Å²) in [7, 11) is 0. The van der Waals surface area contributed by atoms with Gasteiger partial charge in [0.1, 0.15) is 11.6 Å². The van der Waals surface area contributed by atoms with Gasteiger partial charge >= 0.3 is 5.97 Å². The molecule has 0 aliphatic heterocycles. The molecule has 2 aromatic carbocycles. The number of aryl methyl sites for hydroxylation is 1. The molecule has 1 amide bonds. The lowest BCUT2D eigenvalue weighted by Gasteiger charge is -2.31. The van der Waals surface area contributed by atoms with E-state index < -0.39 is 17.6 Å². The number of aliphatic hydroxyl groups is 1. The number of amides is 1. The largest absolute Gasteiger partial charge is 0.480 e. The van der Waals surface area contributed by atoms with Gasteiger partial charge in [0, 0.05) is 36.7 Å².